The van der Waals surface area contributed by atoms with E-state index in [2.05, 4.69) is 26.7 Å². The number of hydrazine groups is 2. The van der Waals surface area contributed by atoms with Crippen LogP contribution >= 0.6 is 0 Å². The van der Waals surface area contributed by atoms with Crippen LogP contribution in [0.2, 0.25) is 0 Å². The summed E-state index contributed by atoms with van der Waals surface area (Å²) in [5.41, 5.74) is 10.8. The van der Waals surface area contributed by atoms with E-state index in [0.717, 1.165) is 12.0 Å². The van der Waals surface area contributed by atoms with Crippen molar-refractivity contribution in [3.8, 4) is 0 Å². The maximum absolute atomic E-state index is 14.7. The average molecular weight is 467 g/mol. The van der Waals surface area contributed by atoms with Gasteiger partial charge >= 0.3 is 0 Å². The van der Waals surface area contributed by atoms with Gasteiger partial charge in [0.05, 0.1) is 23.9 Å². The molecule has 1 aromatic heterocycles. The number of nitrogens with one attached hydrogen (secondary N) is 4. The summed E-state index contributed by atoms with van der Waals surface area (Å²) in [7, 11) is 0. The lowest BCUT2D eigenvalue weighted by Crippen LogP contribution is -2.49. The summed E-state index contributed by atoms with van der Waals surface area (Å²) in [5, 5.41) is 3.05. The molecule has 2 amide bonds. The minimum atomic E-state index is -0.634. The van der Waals surface area contributed by atoms with Crippen LogP contribution in [0.4, 0.5) is 4.39 Å². The highest BCUT2D eigenvalue weighted by Crippen LogP contribution is 2.28. The second-order valence-corrected chi connectivity index (χ2v) is 9.11. The number of nitrogens with zero attached hydrogens (tertiary/aromatic N) is 2. The van der Waals surface area contributed by atoms with Crippen LogP contribution in [0, 0.1) is 5.95 Å². The number of hydrogen-bond acceptors (Lipinski definition) is 6. The third kappa shape index (κ3) is 5.04. The topological polar surface area (TPSA) is 98.4 Å². The average Bonchev–Trinajstić information content (AvgIpc) is 3.47. The molecule has 3 atom stereocenters. The van der Waals surface area contributed by atoms with Gasteiger partial charge in [-0.1, -0.05) is 50.2 Å². The molecule has 0 spiro atoms. The van der Waals surface area contributed by atoms with Gasteiger partial charge in [-0.2, -0.15) is 9.93 Å². The van der Waals surface area contributed by atoms with Crippen molar-refractivity contribution in [2.75, 3.05) is 0 Å². The summed E-state index contributed by atoms with van der Waals surface area (Å²) in [6, 6.07) is 11.6. The third-order valence-electron chi connectivity index (χ3n) is 6.38. The first-order valence-corrected chi connectivity index (χ1v) is 11.6. The van der Waals surface area contributed by atoms with Crippen LogP contribution in [0.15, 0.2) is 54.4 Å². The van der Waals surface area contributed by atoms with Gasteiger partial charge in [0.2, 0.25) is 17.8 Å². The highest BCUT2D eigenvalue weighted by atomic mass is 19.1. The van der Waals surface area contributed by atoms with Crippen LogP contribution in [-0.2, 0) is 9.59 Å². The molecule has 0 saturated carbocycles. The number of likely N-dealkylation sites (tertiary alicyclic amines) is 1. The number of carbonyl (C=O) groups excluding carboxylic acids is 2. The Kier molecular flexibility index (Phi) is 7.12. The van der Waals surface area contributed by atoms with Gasteiger partial charge in [-0.3, -0.25) is 9.59 Å². The fourth-order valence-electron chi connectivity index (χ4n) is 4.55. The fraction of sp³-hybridized carbons (Fsp3) is 0.400. The van der Waals surface area contributed by atoms with Crippen molar-refractivity contribution in [2.45, 2.75) is 64.1 Å². The van der Waals surface area contributed by atoms with Gasteiger partial charge in [0.15, 0.2) is 0 Å². The Morgan fingerprint density at radius 1 is 1.18 bits per heavy atom. The standard InChI is InChI=1S/C25H31FN6O2/c1-15(2)19-10-11-20(28-24(19)26)23(17-7-5-4-6-8-17)29-25(34)21-12-9-16(3)32(21)22(33)13-18-14-27-31-30-18/h4-8,10-11,14-16,21,23,27,30-31H,9,12-13H2,1-3H3,(H,29,34)/t16-,21-,23-/m0/s1. The van der Waals surface area contributed by atoms with Crippen molar-refractivity contribution in [1.29, 1.82) is 0 Å². The van der Waals surface area contributed by atoms with Crippen LogP contribution in [0.1, 0.15) is 68.8 Å². The summed E-state index contributed by atoms with van der Waals surface area (Å²) in [5.74, 6) is -0.934. The monoisotopic (exact) mass is 466 g/mol. The van der Waals surface area contributed by atoms with E-state index in [1.54, 1.807) is 23.2 Å². The Hall–Kier alpha value is -3.46. The summed E-state index contributed by atoms with van der Waals surface area (Å²) in [6.45, 7) is 5.77. The lowest BCUT2D eigenvalue weighted by molar-refractivity contribution is -0.139. The largest absolute Gasteiger partial charge is 0.342 e. The molecule has 0 unspecified atom stereocenters. The number of halogens is 1. The Morgan fingerprint density at radius 2 is 1.94 bits per heavy atom. The summed E-state index contributed by atoms with van der Waals surface area (Å²) >= 11 is 0. The highest BCUT2D eigenvalue weighted by molar-refractivity contribution is 5.89. The van der Waals surface area contributed by atoms with Crippen LogP contribution in [-0.4, -0.2) is 33.8 Å². The molecular formula is C25H31FN6O2. The maximum atomic E-state index is 14.7. The first-order valence-electron chi connectivity index (χ1n) is 11.6. The van der Waals surface area contributed by atoms with E-state index in [0.29, 0.717) is 23.4 Å². The maximum Gasteiger partial charge on any atom is 0.243 e. The number of aromatic nitrogens is 1. The smallest absolute Gasteiger partial charge is 0.243 e. The normalized spacial score (nSPS) is 20.5. The molecule has 0 radical (unpaired) electrons. The number of carbonyl (C=O) groups is 2. The molecule has 2 aromatic rings. The number of benzene rings is 1. The molecule has 4 N–H and O–H groups in total. The zero-order valence-electron chi connectivity index (χ0n) is 19.6. The van der Waals surface area contributed by atoms with Crippen molar-refractivity contribution >= 4 is 11.8 Å². The first kappa shape index (κ1) is 23.7. The molecule has 1 fully saturated rings. The summed E-state index contributed by atoms with van der Waals surface area (Å²) < 4.78 is 14.7. The molecule has 2 aliphatic heterocycles. The van der Waals surface area contributed by atoms with Gasteiger partial charge in [-0.05, 0) is 37.3 Å². The molecule has 1 aromatic carbocycles. The summed E-state index contributed by atoms with van der Waals surface area (Å²) in [4.78, 5) is 32.4. The Morgan fingerprint density at radius 3 is 2.59 bits per heavy atom. The lowest BCUT2D eigenvalue weighted by Gasteiger charge is -2.30. The zero-order valence-corrected chi connectivity index (χ0v) is 19.6. The Bertz CT molecular complexity index is 1070. The number of hydrogen-bond donors (Lipinski definition) is 4. The molecule has 1 saturated heterocycles. The van der Waals surface area contributed by atoms with Crippen LogP contribution in [0.25, 0.3) is 0 Å². The zero-order chi connectivity index (χ0) is 24.2. The van der Waals surface area contributed by atoms with Gasteiger partial charge in [0.1, 0.15) is 6.04 Å². The van der Waals surface area contributed by atoms with E-state index in [1.165, 1.54) is 0 Å². The number of amides is 2. The van der Waals surface area contributed by atoms with E-state index in [9.17, 15) is 14.0 Å². The molecule has 4 rings (SSSR count). The lowest BCUT2D eigenvalue weighted by atomic mass is 9.99. The van der Waals surface area contributed by atoms with Crippen molar-refractivity contribution < 1.29 is 14.0 Å². The molecule has 0 bridgehead atoms. The highest BCUT2D eigenvalue weighted by Gasteiger charge is 2.39. The Labute approximate surface area is 199 Å². The number of rotatable bonds is 7. The van der Waals surface area contributed by atoms with Gasteiger partial charge in [-0.15, -0.1) is 0 Å². The minimum Gasteiger partial charge on any atom is -0.342 e. The van der Waals surface area contributed by atoms with Crippen molar-refractivity contribution in [2.24, 2.45) is 0 Å². The molecule has 8 nitrogen and oxygen atoms in total. The van der Waals surface area contributed by atoms with E-state index in [1.807, 2.05) is 51.1 Å². The van der Waals surface area contributed by atoms with Crippen molar-refractivity contribution in [3.05, 3.63) is 77.1 Å². The predicted molar refractivity (Wildman–Crippen MR) is 126 cm³/mol. The quantitative estimate of drug-likeness (QED) is 0.469. The van der Waals surface area contributed by atoms with Gasteiger partial charge in [0.25, 0.3) is 0 Å². The second-order valence-electron chi connectivity index (χ2n) is 9.11. The van der Waals surface area contributed by atoms with Crippen LogP contribution in [0.3, 0.4) is 0 Å². The Balaban J connectivity index is 1.58. The van der Waals surface area contributed by atoms with E-state index in [-0.39, 0.29) is 30.2 Å². The van der Waals surface area contributed by atoms with E-state index in [4.69, 9.17) is 0 Å². The van der Waals surface area contributed by atoms with Crippen LogP contribution in [0.5, 0.6) is 0 Å². The van der Waals surface area contributed by atoms with Gasteiger partial charge in [-0.25, -0.2) is 4.98 Å². The van der Waals surface area contributed by atoms with E-state index < -0.39 is 18.0 Å². The summed E-state index contributed by atoms with van der Waals surface area (Å²) in [6.07, 6.45) is 3.13. The van der Waals surface area contributed by atoms with Crippen LogP contribution < -0.4 is 21.7 Å². The predicted octanol–water partition coefficient (Wildman–Crippen LogP) is 2.77. The molecule has 34 heavy (non-hydrogen) atoms. The molecule has 180 valence electrons. The van der Waals surface area contributed by atoms with Crippen molar-refractivity contribution in [3.63, 3.8) is 0 Å². The molecule has 3 heterocycles. The second kappa shape index (κ2) is 10.2. The fourth-order valence-corrected chi connectivity index (χ4v) is 4.55. The van der Waals surface area contributed by atoms with Gasteiger partial charge < -0.3 is 21.1 Å². The molecular weight excluding hydrogens is 435 g/mol. The van der Waals surface area contributed by atoms with Gasteiger partial charge in [0, 0.05) is 17.8 Å². The van der Waals surface area contributed by atoms with Crippen molar-refractivity contribution in [1.82, 2.24) is 31.6 Å². The molecule has 0 aliphatic carbocycles. The third-order valence-corrected chi connectivity index (χ3v) is 6.38. The SMILES string of the molecule is CC(C)c1ccc([C@@H](NC(=O)[C@@H]2CC[C@H](C)N2C(=O)CC2=CNNN2)c2ccccc2)nc1F. The molecule has 2 aliphatic rings. The first-order chi connectivity index (χ1) is 16.3. The minimum absolute atomic E-state index is 0.000681. The number of pyridine rings is 1. The molecule has 9 heteroatoms. The van der Waals surface area contributed by atoms with E-state index >= 15 is 0 Å².